The lowest BCUT2D eigenvalue weighted by atomic mass is 9.70. The summed E-state index contributed by atoms with van der Waals surface area (Å²) in [5.41, 5.74) is -0.228. The van der Waals surface area contributed by atoms with Crippen LogP contribution in [-0.4, -0.2) is 70.1 Å². The molecule has 8 nitrogen and oxygen atoms in total. The molecule has 3 heterocycles. The van der Waals surface area contributed by atoms with E-state index in [4.69, 9.17) is 21.1 Å². The predicted octanol–water partition coefficient (Wildman–Crippen LogP) is 4.46. The summed E-state index contributed by atoms with van der Waals surface area (Å²) in [6.45, 7) is 7.29. The van der Waals surface area contributed by atoms with Crippen molar-refractivity contribution in [1.29, 1.82) is 0 Å². The topological polar surface area (TPSA) is 96.4 Å². The van der Waals surface area contributed by atoms with Crippen LogP contribution < -0.4 is 4.90 Å². The molecule has 2 bridgehead atoms. The summed E-state index contributed by atoms with van der Waals surface area (Å²) in [4.78, 5) is 45.2. The highest BCUT2D eigenvalue weighted by Crippen LogP contribution is 2.61. The molecule has 2 aromatic carbocycles. The number of aliphatic hydroxyl groups is 1. The number of hydrogen-bond acceptors (Lipinski definition) is 6. The Bertz CT molecular complexity index is 1340. The number of hydrogen-bond donors (Lipinski definition) is 1. The predicted molar refractivity (Wildman–Crippen MR) is 159 cm³/mol. The summed E-state index contributed by atoms with van der Waals surface area (Å²) in [7, 11) is 0. The van der Waals surface area contributed by atoms with Crippen LogP contribution in [0.5, 0.6) is 0 Å². The zero-order valence-corrected chi connectivity index (χ0v) is 24.7. The number of benzene rings is 2. The Hall–Kier alpha value is -2.98. The molecule has 0 aliphatic carbocycles. The zero-order valence-electron chi connectivity index (χ0n) is 22.4. The molecule has 3 fully saturated rings. The van der Waals surface area contributed by atoms with E-state index in [1.165, 1.54) is 9.80 Å². The Morgan fingerprint density at radius 1 is 1.20 bits per heavy atom. The van der Waals surface area contributed by atoms with Gasteiger partial charge < -0.3 is 24.4 Å². The number of aliphatic hydroxyl groups excluding tert-OH is 1. The number of ether oxygens (including phenoxy) is 2. The smallest absolute Gasteiger partial charge is 0.312 e. The number of halogens is 2. The molecule has 216 valence electrons. The van der Waals surface area contributed by atoms with Crippen molar-refractivity contribution in [2.75, 3.05) is 24.7 Å². The molecule has 1 N–H and O–H groups in total. The number of carbonyl (C=O) groups is 3. The number of esters is 1. The summed E-state index contributed by atoms with van der Waals surface area (Å²) >= 11 is 10.2. The van der Waals surface area contributed by atoms with E-state index in [-0.39, 0.29) is 18.0 Å². The van der Waals surface area contributed by atoms with Crippen molar-refractivity contribution in [2.24, 2.45) is 11.8 Å². The molecule has 0 radical (unpaired) electrons. The summed E-state index contributed by atoms with van der Waals surface area (Å²) < 4.78 is 12.1. The fraction of sp³-hybridized carbons (Fsp3) is 0.387. The van der Waals surface area contributed by atoms with Gasteiger partial charge in [0.05, 0.1) is 47.9 Å². The molecule has 1 spiro atoms. The van der Waals surface area contributed by atoms with Crippen molar-refractivity contribution in [2.45, 2.75) is 41.5 Å². The number of rotatable bonds is 11. The van der Waals surface area contributed by atoms with Crippen LogP contribution in [0.2, 0.25) is 5.02 Å². The van der Waals surface area contributed by atoms with Gasteiger partial charge in [0.25, 0.3) is 5.91 Å². The van der Waals surface area contributed by atoms with Crippen LogP contribution in [0.1, 0.15) is 24.4 Å². The number of fused-ring (bicyclic) bond motifs is 1. The van der Waals surface area contributed by atoms with E-state index in [0.29, 0.717) is 29.1 Å². The fourth-order valence-corrected chi connectivity index (χ4v) is 7.76. The molecule has 3 aliphatic rings. The highest BCUT2D eigenvalue weighted by molar-refractivity contribution is 9.09. The minimum Gasteiger partial charge on any atom is -0.465 e. The first-order chi connectivity index (χ1) is 19.8. The Balaban J connectivity index is 1.64. The minimum absolute atomic E-state index is 0.116. The summed E-state index contributed by atoms with van der Waals surface area (Å²) in [5, 5.41) is 11.0. The number of alkyl halides is 1. The average molecular weight is 644 g/mol. The monoisotopic (exact) mass is 642 g/mol. The van der Waals surface area contributed by atoms with Crippen molar-refractivity contribution < 1.29 is 29.0 Å². The maximum Gasteiger partial charge on any atom is 0.312 e. The summed E-state index contributed by atoms with van der Waals surface area (Å²) in [6.07, 6.45) is 3.35. The van der Waals surface area contributed by atoms with E-state index in [1.807, 2.05) is 6.07 Å². The second kappa shape index (κ2) is 12.1. The van der Waals surface area contributed by atoms with Gasteiger partial charge in [0.1, 0.15) is 11.6 Å². The van der Waals surface area contributed by atoms with E-state index in [9.17, 15) is 19.5 Å². The normalized spacial score (nSPS) is 28.7. The molecule has 0 saturated carbocycles. The Kier molecular flexibility index (Phi) is 8.70. The van der Waals surface area contributed by atoms with Crippen molar-refractivity contribution in [3.8, 4) is 0 Å². The molecule has 7 atom stereocenters. The van der Waals surface area contributed by atoms with Crippen LogP contribution in [0.25, 0.3) is 0 Å². The van der Waals surface area contributed by atoms with Gasteiger partial charge in [0, 0.05) is 11.4 Å². The van der Waals surface area contributed by atoms with E-state index in [1.54, 1.807) is 60.7 Å². The molecule has 3 aliphatic heterocycles. The second-order valence-corrected chi connectivity index (χ2v) is 12.0. The molecule has 2 amide bonds. The minimum atomic E-state index is -1.34. The van der Waals surface area contributed by atoms with Gasteiger partial charge in [-0.2, -0.15) is 0 Å². The third-order valence-corrected chi connectivity index (χ3v) is 9.38. The SMILES string of the molecule is C=CCCOC(=O)[C@H]1[C@H]2C(=O)N([C@H](CO)c3ccccc3)C(C(=O)N(CC=C)c3ccccc3Cl)C23CC(Br)[C@@H]1O3. The van der Waals surface area contributed by atoms with Gasteiger partial charge in [-0.25, -0.2) is 0 Å². The quantitative estimate of drug-likeness (QED) is 0.168. The highest BCUT2D eigenvalue weighted by atomic mass is 79.9. The molecule has 3 unspecified atom stereocenters. The van der Waals surface area contributed by atoms with Crippen LogP contribution in [-0.2, 0) is 23.9 Å². The Morgan fingerprint density at radius 2 is 1.90 bits per heavy atom. The maximum atomic E-state index is 14.7. The van der Waals surface area contributed by atoms with Crippen molar-refractivity contribution in [3.05, 3.63) is 90.5 Å². The molecule has 2 aromatic rings. The first-order valence-electron chi connectivity index (χ1n) is 13.5. The van der Waals surface area contributed by atoms with E-state index in [2.05, 4.69) is 29.1 Å². The second-order valence-electron chi connectivity index (χ2n) is 10.5. The maximum absolute atomic E-state index is 14.7. The fourth-order valence-electron chi connectivity index (χ4n) is 6.57. The third kappa shape index (κ3) is 4.92. The van der Waals surface area contributed by atoms with Gasteiger partial charge in [-0.05, 0) is 30.5 Å². The molecule has 5 rings (SSSR count). The molecular weight excluding hydrogens is 612 g/mol. The molecule has 0 aromatic heterocycles. The summed E-state index contributed by atoms with van der Waals surface area (Å²) in [6, 6.07) is 13.9. The van der Waals surface area contributed by atoms with Crippen LogP contribution in [0.4, 0.5) is 5.69 Å². The molecular formula is C31H32BrClN2O6. The highest BCUT2D eigenvalue weighted by Gasteiger charge is 2.77. The molecule has 41 heavy (non-hydrogen) atoms. The first-order valence-corrected chi connectivity index (χ1v) is 14.8. The van der Waals surface area contributed by atoms with E-state index in [0.717, 1.165) is 0 Å². The van der Waals surface area contributed by atoms with Crippen molar-refractivity contribution in [1.82, 2.24) is 4.90 Å². The van der Waals surface area contributed by atoms with E-state index >= 15 is 0 Å². The van der Waals surface area contributed by atoms with Crippen LogP contribution in [0.15, 0.2) is 79.9 Å². The van der Waals surface area contributed by atoms with Crippen LogP contribution in [0, 0.1) is 11.8 Å². The lowest BCUT2D eigenvalue weighted by Gasteiger charge is -2.39. The van der Waals surface area contributed by atoms with Crippen molar-refractivity contribution >= 4 is 51.0 Å². The Morgan fingerprint density at radius 3 is 2.56 bits per heavy atom. The Labute approximate surface area is 252 Å². The first kappa shape index (κ1) is 29.5. The van der Waals surface area contributed by atoms with Crippen LogP contribution >= 0.6 is 27.5 Å². The van der Waals surface area contributed by atoms with Gasteiger partial charge >= 0.3 is 5.97 Å². The number of nitrogens with zero attached hydrogens (tertiary/aromatic N) is 2. The average Bonchev–Trinajstić information content (AvgIpc) is 3.56. The number of likely N-dealkylation sites (tertiary alicyclic amines) is 1. The zero-order chi connectivity index (χ0) is 29.3. The molecule has 3 saturated heterocycles. The number of para-hydroxylation sites is 1. The molecule has 10 heteroatoms. The lowest BCUT2D eigenvalue weighted by Crippen LogP contribution is -2.57. The van der Waals surface area contributed by atoms with Gasteiger partial charge in [0.2, 0.25) is 5.91 Å². The largest absolute Gasteiger partial charge is 0.465 e. The van der Waals surface area contributed by atoms with Gasteiger partial charge in [-0.1, -0.05) is 82.1 Å². The van der Waals surface area contributed by atoms with Crippen molar-refractivity contribution in [3.63, 3.8) is 0 Å². The third-order valence-electron chi connectivity index (χ3n) is 8.21. The standard InChI is InChI=1S/C31H32BrClN2O6/c1-3-5-16-40-30(39)24-25-28(37)35(23(18-36)19-11-7-6-8-12-19)27(31(25)17-20(32)26(24)41-31)29(38)34(15-4-2)22-14-10-9-13-21(22)33/h3-4,6-14,20,23-27,36H,1-2,5,15-18H2/t20?,23-,24+,25+,26+,27?,31?/m1/s1. The van der Waals surface area contributed by atoms with Gasteiger partial charge in [-0.3, -0.25) is 14.4 Å². The number of amides is 2. The summed E-state index contributed by atoms with van der Waals surface area (Å²) in [5.74, 6) is -3.32. The number of anilines is 1. The lowest BCUT2D eigenvalue weighted by molar-refractivity contribution is -0.155. The van der Waals surface area contributed by atoms with Crippen LogP contribution in [0.3, 0.4) is 0 Å². The van der Waals surface area contributed by atoms with Gasteiger partial charge in [0.15, 0.2) is 0 Å². The van der Waals surface area contributed by atoms with Gasteiger partial charge in [-0.15, -0.1) is 13.2 Å². The van der Waals surface area contributed by atoms with E-state index < -0.39 is 60.0 Å². The number of carbonyl (C=O) groups excluding carboxylic acids is 3.